The third-order valence-corrected chi connectivity index (χ3v) is 3.16. The van der Waals surface area contributed by atoms with Gasteiger partial charge in [0.25, 0.3) is 0 Å². The third kappa shape index (κ3) is 2.14. The van der Waals surface area contributed by atoms with Crippen molar-refractivity contribution >= 4 is 11.6 Å². The van der Waals surface area contributed by atoms with Gasteiger partial charge in [-0.2, -0.15) is 0 Å². The maximum Gasteiger partial charge on any atom is 0.0912 e. The van der Waals surface area contributed by atoms with E-state index in [4.69, 9.17) is 16.7 Å². The fourth-order valence-corrected chi connectivity index (χ4v) is 1.97. The molecule has 1 unspecified atom stereocenters. The SMILES string of the molecule is OCC1=CCC(Cl)(c2ccccc2)C=C1. The summed E-state index contributed by atoms with van der Waals surface area (Å²) in [4.78, 5) is -0.445. The van der Waals surface area contributed by atoms with Crippen molar-refractivity contribution in [1.82, 2.24) is 0 Å². The molecule has 0 radical (unpaired) electrons. The zero-order chi connectivity index (χ0) is 10.7. The van der Waals surface area contributed by atoms with Gasteiger partial charge < -0.3 is 5.11 Å². The van der Waals surface area contributed by atoms with Crippen LogP contribution in [-0.2, 0) is 4.87 Å². The molecule has 78 valence electrons. The Morgan fingerprint density at radius 2 is 2.00 bits per heavy atom. The fourth-order valence-electron chi connectivity index (χ4n) is 1.70. The molecular formula is C13H13ClO. The van der Waals surface area contributed by atoms with E-state index in [2.05, 4.69) is 0 Å². The first-order valence-electron chi connectivity index (χ1n) is 4.98. The van der Waals surface area contributed by atoms with Gasteiger partial charge in [0.15, 0.2) is 0 Å². The number of rotatable bonds is 2. The molecule has 0 saturated carbocycles. The van der Waals surface area contributed by atoms with Crippen LogP contribution in [0.15, 0.2) is 54.1 Å². The molecule has 2 rings (SSSR count). The van der Waals surface area contributed by atoms with Crippen LogP contribution in [0.5, 0.6) is 0 Å². The van der Waals surface area contributed by atoms with Crippen LogP contribution in [0.1, 0.15) is 12.0 Å². The molecule has 0 bridgehead atoms. The Kier molecular flexibility index (Phi) is 2.94. The monoisotopic (exact) mass is 220 g/mol. The first-order valence-corrected chi connectivity index (χ1v) is 5.36. The number of aliphatic hydroxyl groups is 1. The van der Waals surface area contributed by atoms with Gasteiger partial charge in [0.2, 0.25) is 0 Å². The lowest BCUT2D eigenvalue weighted by molar-refractivity contribution is 0.333. The smallest absolute Gasteiger partial charge is 0.0912 e. The molecule has 0 amide bonds. The van der Waals surface area contributed by atoms with Crippen LogP contribution in [0.25, 0.3) is 0 Å². The highest BCUT2D eigenvalue weighted by molar-refractivity contribution is 6.25. The van der Waals surface area contributed by atoms with Gasteiger partial charge >= 0.3 is 0 Å². The normalized spacial score (nSPS) is 25.1. The largest absolute Gasteiger partial charge is 0.392 e. The number of hydrogen-bond donors (Lipinski definition) is 1. The summed E-state index contributed by atoms with van der Waals surface area (Å²) in [7, 11) is 0. The molecule has 1 aliphatic carbocycles. The second-order valence-corrected chi connectivity index (χ2v) is 4.38. The standard InChI is InChI=1S/C13H13ClO/c14-13(12-4-2-1-3-5-12)8-6-11(10-15)7-9-13/h1-8,15H,9-10H2. The van der Waals surface area contributed by atoms with Gasteiger partial charge in [-0.05, 0) is 17.6 Å². The molecule has 1 N–H and O–H groups in total. The molecule has 1 atom stereocenters. The van der Waals surface area contributed by atoms with Gasteiger partial charge in [-0.1, -0.05) is 48.6 Å². The minimum Gasteiger partial charge on any atom is -0.392 e. The van der Waals surface area contributed by atoms with Crippen molar-refractivity contribution in [3.63, 3.8) is 0 Å². The average molecular weight is 221 g/mol. The Bertz CT molecular complexity index is 394. The van der Waals surface area contributed by atoms with Crippen molar-refractivity contribution in [2.24, 2.45) is 0 Å². The van der Waals surface area contributed by atoms with E-state index in [1.165, 1.54) is 0 Å². The molecule has 15 heavy (non-hydrogen) atoms. The molecule has 1 nitrogen and oxygen atoms in total. The second-order valence-electron chi connectivity index (χ2n) is 3.70. The van der Waals surface area contributed by atoms with Crippen molar-refractivity contribution in [3.8, 4) is 0 Å². The van der Waals surface area contributed by atoms with Crippen LogP contribution >= 0.6 is 11.6 Å². The number of hydrogen-bond acceptors (Lipinski definition) is 1. The minimum absolute atomic E-state index is 0.0816. The van der Waals surface area contributed by atoms with Crippen LogP contribution in [-0.4, -0.2) is 11.7 Å². The average Bonchev–Trinajstić information content (AvgIpc) is 2.31. The van der Waals surface area contributed by atoms with E-state index >= 15 is 0 Å². The lowest BCUT2D eigenvalue weighted by Crippen LogP contribution is -2.17. The van der Waals surface area contributed by atoms with Gasteiger partial charge in [-0.25, -0.2) is 0 Å². The summed E-state index contributed by atoms with van der Waals surface area (Å²) in [5.74, 6) is 0. The zero-order valence-corrected chi connectivity index (χ0v) is 9.11. The van der Waals surface area contributed by atoms with Crippen molar-refractivity contribution in [3.05, 3.63) is 59.7 Å². The number of aliphatic hydroxyl groups excluding tert-OH is 1. The summed E-state index contributed by atoms with van der Waals surface area (Å²) in [6.07, 6.45) is 6.56. The van der Waals surface area contributed by atoms with Crippen molar-refractivity contribution in [2.45, 2.75) is 11.3 Å². The molecule has 0 saturated heterocycles. The van der Waals surface area contributed by atoms with E-state index in [0.29, 0.717) is 0 Å². The van der Waals surface area contributed by atoms with Crippen molar-refractivity contribution in [2.75, 3.05) is 6.61 Å². The fraction of sp³-hybridized carbons (Fsp3) is 0.231. The highest BCUT2D eigenvalue weighted by Crippen LogP contribution is 2.37. The molecular weight excluding hydrogens is 208 g/mol. The van der Waals surface area contributed by atoms with Crippen molar-refractivity contribution in [1.29, 1.82) is 0 Å². The molecule has 2 heteroatoms. The summed E-state index contributed by atoms with van der Waals surface area (Å²) in [6, 6.07) is 9.99. The molecule has 1 aromatic carbocycles. The number of allylic oxidation sites excluding steroid dienone is 2. The van der Waals surface area contributed by atoms with Crippen molar-refractivity contribution < 1.29 is 5.11 Å². The predicted molar refractivity (Wildman–Crippen MR) is 62.9 cm³/mol. The number of halogens is 1. The summed E-state index contributed by atoms with van der Waals surface area (Å²) in [5, 5.41) is 8.97. The highest BCUT2D eigenvalue weighted by Gasteiger charge is 2.27. The van der Waals surface area contributed by atoms with Crippen LogP contribution in [0.2, 0.25) is 0 Å². The maximum absolute atomic E-state index is 8.97. The Morgan fingerprint density at radius 3 is 2.53 bits per heavy atom. The summed E-state index contributed by atoms with van der Waals surface area (Å²) >= 11 is 6.51. The second kappa shape index (κ2) is 4.21. The van der Waals surface area contributed by atoms with Gasteiger partial charge in [0, 0.05) is 0 Å². The van der Waals surface area contributed by atoms with E-state index in [1.54, 1.807) is 0 Å². The van der Waals surface area contributed by atoms with E-state index in [0.717, 1.165) is 17.6 Å². The van der Waals surface area contributed by atoms with Gasteiger partial charge in [-0.3, -0.25) is 0 Å². The van der Waals surface area contributed by atoms with Crippen LogP contribution in [0, 0.1) is 0 Å². The molecule has 1 aliphatic rings. The molecule has 1 aromatic rings. The van der Waals surface area contributed by atoms with Gasteiger partial charge in [0.1, 0.15) is 0 Å². The summed E-state index contributed by atoms with van der Waals surface area (Å²) in [6.45, 7) is 0.0816. The summed E-state index contributed by atoms with van der Waals surface area (Å²) in [5.41, 5.74) is 2.03. The zero-order valence-electron chi connectivity index (χ0n) is 8.36. The lowest BCUT2D eigenvalue weighted by atomic mass is 9.89. The quantitative estimate of drug-likeness (QED) is 0.760. The summed E-state index contributed by atoms with van der Waals surface area (Å²) < 4.78 is 0. The molecule has 0 spiro atoms. The maximum atomic E-state index is 8.97. The minimum atomic E-state index is -0.445. The third-order valence-electron chi connectivity index (χ3n) is 2.66. The van der Waals surface area contributed by atoms with Crippen LogP contribution in [0.3, 0.4) is 0 Å². The Hall–Kier alpha value is -1.05. The van der Waals surface area contributed by atoms with Gasteiger partial charge in [-0.15, -0.1) is 11.6 Å². The number of alkyl halides is 1. The first kappa shape index (κ1) is 10.5. The topological polar surface area (TPSA) is 20.2 Å². The van der Waals surface area contributed by atoms with E-state index < -0.39 is 4.87 Å². The van der Waals surface area contributed by atoms with Crippen LogP contribution in [0.4, 0.5) is 0 Å². The van der Waals surface area contributed by atoms with E-state index in [-0.39, 0.29) is 6.61 Å². The number of benzene rings is 1. The Morgan fingerprint density at radius 1 is 1.27 bits per heavy atom. The Balaban J connectivity index is 2.25. The highest BCUT2D eigenvalue weighted by atomic mass is 35.5. The molecule has 0 heterocycles. The van der Waals surface area contributed by atoms with E-state index in [1.807, 2.05) is 48.6 Å². The first-order chi connectivity index (χ1) is 7.24. The van der Waals surface area contributed by atoms with E-state index in [9.17, 15) is 0 Å². The molecule has 0 aliphatic heterocycles. The van der Waals surface area contributed by atoms with Crippen LogP contribution < -0.4 is 0 Å². The molecule has 0 fully saturated rings. The van der Waals surface area contributed by atoms with Gasteiger partial charge in [0.05, 0.1) is 11.5 Å². The Labute approximate surface area is 94.7 Å². The molecule has 0 aromatic heterocycles. The lowest BCUT2D eigenvalue weighted by Gasteiger charge is -2.25. The predicted octanol–water partition coefficient (Wildman–Crippen LogP) is 3.00.